The van der Waals surface area contributed by atoms with Gasteiger partial charge in [0, 0.05) is 5.54 Å². The maximum atomic E-state index is 4.93. The predicted octanol–water partition coefficient (Wildman–Crippen LogP) is 3.52. The molecule has 1 saturated carbocycles. The van der Waals surface area contributed by atoms with Gasteiger partial charge in [-0.15, -0.1) is 0 Å². The molecule has 1 aliphatic carbocycles. The van der Waals surface area contributed by atoms with Gasteiger partial charge in [-0.25, -0.2) is 14.5 Å². The molecule has 7 heteroatoms. The lowest BCUT2D eigenvalue weighted by molar-refractivity contribution is 0.272. The first-order chi connectivity index (χ1) is 14.0. The molecule has 2 fully saturated rings. The Balaban J connectivity index is 1.42. The minimum absolute atomic E-state index is 0.383. The molecule has 0 bridgehead atoms. The molecule has 1 N–H and O–H groups in total. The first-order valence-electron chi connectivity index (χ1n) is 10.5. The first-order valence-corrected chi connectivity index (χ1v) is 10.5. The molecule has 5 heterocycles. The molecule has 6 rings (SSSR count). The van der Waals surface area contributed by atoms with E-state index in [1.165, 1.54) is 19.3 Å². The average molecular weight is 387 g/mol. The van der Waals surface area contributed by atoms with Crippen molar-refractivity contribution in [1.29, 1.82) is 0 Å². The highest BCUT2D eigenvalue weighted by atomic mass is 15.3. The highest BCUT2D eigenvalue weighted by Gasteiger charge is 2.46. The minimum Gasteiger partial charge on any atom is -0.311 e. The maximum absolute atomic E-state index is 4.93. The molecular formula is C22H25N7. The second-order valence-corrected chi connectivity index (χ2v) is 8.88. The third kappa shape index (κ3) is 2.75. The van der Waals surface area contributed by atoms with Crippen LogP contribution in [0.4, 0.5) is 0 Å². The summed E-state index contributed by atoms with van der Waals surface area (Å²) in [5.41, 5.74) is 8.18. The fraction of sp³-hybridized carbons (Fsp3) is 0.455. The number of imidazole rings is 1. The van der Waals surface area contributed by atoms with Crippen LogP contribution in [0.3, 0.4) is 0 Å². The van der Waals surface area contributed by atoms with Crippen LogP contribution in [0.25, 0.3) is 28.1 Å². The van der Waals surface area contributed by atoms with Crippen LogP contribution in [0.5, 0.6) is 0 Å². The molecule has 4 aromatic heterocycles. The van der Waals surface area contributed by atoms with Crippen molar-refractivity contribution in [2.45, 2.75) is 58.0 Å². The highest BCUT2D eigenvalue weighted by Crippen LogP contribution is 2.45. The molecule has 1 aliphatic heterocycles. The van der Waals surface area contributed by atoms with Crippen molar-refractivity contribution in [1.82, 2.24) is 34.7 Å². The van der Waals surface area contributed by atoms with Crippen LogP contribution in [0.1, 0.15) is 48.5 Å². The highest BCUT2D eigenvalue weighted by molar-refractivity contribution is 5.80. The summed E-state index contributed by atoms with van der Waals surface area (Å²) in [6.07, 6.45) is 8.98. The number of fused-ring (bicyclic) bond motifs is 2. The van der Waals surface area contributed by atoms with Crippen molar-refractivity contribution >= 4 is 16.7 Å². The van der Waals surface area contributed by atoms with Gasteiger partial charge in [-0.3, -0.25) is 4.68 Å². The van der Waals surface area contributed by atoms with Crippen molar-refractivity contribution in [3.63, 3.8) is 0 Å². The quantitative estimate of drug-likeness (QED) is 0.570. The third-order valence-corrected chi connectivity index (χ3v) is 6.50. The van der Waals surface area contributed by atoms with Gasteiger partial charge in [0.15, 0.2) is 5.65 Å². The molecule has 148 valence electrons. The van der Waals surface area contributed by atoms with E-state index in [2.05, 4.69) is 47.2 Å². The molecule has 7 nitrogen and oxygen atoms in total. The number of aryl methyl sites for hydroxylation is 3. The molecule has 0 radical (unpaired) electrons. The van der Waals surface area contributed by atoms with Gasteiger partial charge in [0.2, 0.25) is 0 Å². The Hall–Kier alpha value is -2.80. The standard InChI is InChI=1S/C22H25N7/c1-13-8-17(18-9-14(2)21-24-15(3)11-29(21)26-18)25-19-12-28(27-20(13)19)16-4-7-23-22(10-16)5-6-22/h8-9,11-12,16,23H,4-7,10H2,1-3H3. The van der Waals surface area contributed by atoms with Crippen molar-refractivity contribution in [2.75, 3.05) is 6.54 Å². The topological polar surface area (TPSA) is 72.9 Å². The molecule has 2 aliphatic rings. The van der Waals surface area contributed by atoms with E-state index in [4.69, 9.17) is 15.2 Å². The van der Waals surface area contributed by atoms with Crippen LogP contribution in [0.15, 0.2) is 24.5 Å². The van der Waals surface area contributed by atoms with E-state index in [-0.39, 0.29) is 0 Å². The van der Waals surface area contributed by atoms with Crippen LogP contribution < -0.4 is 5.32 Å². The zero-order chi connectivity index (χ0) is 19.8. The van der Waals surface area contributed by atoms with E-state index >= 15 is 0 Å². The van der Waals surface area contributed by atoms with Gasteiger partial charge in [0.1, 0.15) is 16.7 Å². The van der Waals surface area contributed by atoms with Crippen molar-refractivity contribution in [3.05, 3.63) is 41.3 Å². The van der Waals surface area contributed by atoms with E-state index in [9.17, 15) is 0 Å². The fourth-order valence-corrected chi connectivity index (χ4v) is 4.76. The number of piperidine rings is 1. The monoisotopic (exact) mass is 387 g/mol. The Labute approximate surface area is 169 Å². The molecule has 29 heavy (non-hydrogen) atoms. The number of nitrogens with zero attached hydrogens (tertiary/aromatic N) is 6. The Bertz CT molecular complexity index is 1260. The van der Waals surface area contributed by atoms with Crippen LogP contribution >= 0.6 is 0 Å². The lowest BCUT2D eigenvalue weighted by atomic mass is 9.98. The van der Waals surface area contributed by atoms with Crippen LogP contribution in [-0.2, 0) is 0 Å². The second-order valence-electron chi connectivity index (χ2n) is 8.88. The summed E-state index contributed by atoms with van der Waals surface area (Å²) in [7, 11) is 0. The summed E-state index contributed by atoms with van der Waals surface area (Å²) >= 11 is 0. The molecule has 4 aromatic rings. The largest absolute Gasteiger partial charge is 0.311 e. The van der Waals surface area contributed by atoms with Crippen molar-refractivity contribution < 1.29 is 0 Å². The van der Waals surface area contributed by atoms with Gasteiger partial charge in [-0.2, -0.15) is 10.2 Å². The van der Waals surface area contributed by atoms with E-state index in [1.807, 2.05) is 17.6 Å². The summed E-state index contributed by atoms with van der Waals surface area (Å²) in [6, 6.07) is 4.63. The Morgan fingerprint density at radius 3 is 2.66 bits per heavy atom. The zero-order valence-corrected chi connectivity index (χ0v) is 17.1. The van der Waals surface area contributed by atoms with Gasteiger partial charge in [-0.05, 0) is 76.3 Å². The molecule has 1 unspecified atom stereocenters. The van der Waals surface area contributed by atoms with Gasteiger partial charge in [0.25, 0.3) is 0 Å². The number of aromatic nitrogens is 6. The third-order valence-electron chi connectivity index (χ3n) is 6.50. The number of rotatable bonds is 2. The van der Waals surface area contributed by atoms with Crippen LogP contribution in [0.2, 0.25) is 0 Å². The van der Waals surface area contributed by atoms with Gasteiger partial charge >= 0.3 is 0 Å². The molecule has 0 amide bonds. The zero-order valence-electron chi connectivity index (χ0n) is 17.1. The number of hydrogen-bond acceptors (Lipinski definition) is 5. The summed E-state index contributed by atoms with van der Waals surface area (Å²) < 4.78 is 4.02. The van der Waals surface area contributed by atoms with Crippen LogP contribution in [0, 0.1) is 20.8 Å². The van der Waals surface area contributed by atoms with E-state index < -0.39 is 0 Å². The van der Waals surface area contributed by atoms with Gasteiger partial charge in [0.05, 0.1) is 29.8 Å². The Morgan fingerprint density at radius 1 is 1.00 bits per heavy atom. The normalized spacial score (nSPS) is 20.7. The number of pyridine rings is 1. The summed E-state index contributed by atoms with van der Waals surface area (Å²) in [5.74, 6) is 0. The lowest BCUT2D eigenvalue weighted by Gasteiger charge is -2.30. The van der Waals surface area contributed by atoms with Crippen molar-refractivity contribution in [2.24, 2.45) is 0 Å². The summed E-state index contributed by atoms with van der Waals surface area (Å²) in [5, 5.41) is 13.4. The lowest BCUT2D eigenvalue weighted by Crippen LogP contribution is -2.40. The summed E-state index contributed by atoms with van der Waals surface area (Å²) in [6.45, 7) is 7.25. The fourth-order valence-electron chi connectivity index (χ4n) is 4.76. The molecule has 1 spiro atoms. The van der Waals surface area contributed by atoms with Crippen LogP contribution in [-0.4, -0.2) is 41.4 Å². The predicted molar refractivity (Wildman–Crippen MR) is 112 cm³/mol. The van der Waals surface area contributed by atoms with Crippen molar-refractivity contribution in [3.8, 4) is 11.4 Å². The molecule has 0 aromatic carbocycles. The molecule has 1 atom stereocenters. The van der Waals surface area contributed by atoms with Gasteiger partial charge in [-0.1, -0.05) is 0 Å². The van der Waals surface area contributed by atoms with E-state index in [1.54, 1.807) is 0 Å². The number of nitrogens with one attached hydrogen (secondary N) is 1. The van der Waals surface area contributed by atoms with Gasteiger partial charge < -0.3 is 5.32 Å². The average Bonchev–Trinajstić information content (AvgIpc) is 3.13. The second kappa shape index (κ2) is 5.86. The SMILES string of the molecule is Cc1cn2nc(-c3cc(C)c4nn(C5CCNC6(CC6)C5)cc4n3)cc(C)c2n1. The van der Waals surface area contributed by atoms with E-state index in [0.29, 0.717) is 11.6 Å². The molecular weight excluding hydrogens is 362 g/mol. The maximum Gasteiger partial charge on any atom is 0.156 e. The summed E-state index contributed by atoms with van der Waals surface area (Å²) in [4.78, 5) is 9.48. The first kappa shape index (κ1) is 17.1. The molecule has 1 saturated heterocycles. The van der Waals surface area contributed by atoms with E-state index in [0.717, 1.165) is 57.9 Å². The Morgan fingerprint density at radius 2 is 1.83 bits per heavy atom. The Kier molecular flexibility index (Phi) is 3.45. The smallest absolute Gasteiger partial charge is 0.156 e. The minimum atomic E-state index is 0.383. The number of hydrogen-bond donors (Lipinski definition) is 1.